The number of hydrogen-bond acceptors (Lipinski definition) is 2. The van der Waals surface area contributed by atoms with Gasteiger partial charge in [0.05, 0.1) is 5.56 Å². The van der Waals surface area contributed by atoms with Gasteiger partial charge in [0, 0.05) is 23.8 Å². The summed E-state index contributed by atoms with van der Waals surface area (Å²) in [5.74, 6) is -0.155. The molecule has 1 aromatic carbocycles. The third-order valence-corrected chi connectivity index (χ3v) is 6.65. The highest BCUT2D eigenvalue weighted by molar-refractivity contribution is 14.1. The summed E-state index contributed by atoms with van der Waals surface area (Å²) in [5.41, 5.74) is 0.679. The Morgan fingerprint density at radius 3 is 2.74 bits per heavy atom. The summed E-state index contributed by atoms with van der Waals surface area (Å²) < 4.78 is 3.03. The molecule has 1 atom stereocenters. The molecular formula is C12H11I3N2O2. The first kappa shape index (κ1) is 15.7. The van der Waals surface area contributed by atoms with Crippen LogP contribution in [-0.2, 0) is 4.79 Å². The molecule has 1 heterocycles. The summed E-state index contributed by atoms with van der Waals surface area (Å²) in [7, 11) is 0. The van der Waals surface area contributed by atoms with Crippen LogP contribution in [0.2, 0.25) is 0 Å². The first-order chi connectivity index (χ1) is 8.91. The number of amides is 2. The molecule has 1 saturated heterocycles. The molecule has 0 spiro atoms. The van der Waals surface area contributed by atoms with Gasteiger partial charge in [0.25, 0.3) is 5.91 Å². The summed E-state index contributed by atoms with van der Waals surface area (Å²) in [5, 5.41) is 2.77. The number of carbonyl (C=O) groups is 2. The number of piperazine rings is 1. The fraction of sp³-hybridized carbons (Fsp3) is 0.333. The van der Waals surface area contributed by atoms with Crippen LogP contribution >= 0.6 is 67.8 Å². The van der Waals surface area contributed by atoms with Crippen molar-refractivity contribution >= 4 is 79.6 Å². The maximum Gasteiger partial charge on any atom is 0.255 e. The van der Waals surface area contributed by atoms with Gasteiger partial charge < -0.3 is 10.2 Å². The molecule has 0 saturated carbocycles. The van der Waals surface area contributed by atoms with Crippen molar-refractivity contribution in [2.75, 3.05) is 13.1 Å². The van der Waals surface area contributed by atoms with Gasteiger partial charge in [-0.15, -0.1) is 0 Å². The van der Waals surface area contributed by atoms with Crippen molar-refractivity contribution in [3.05, 3.63) is 28.4 Å². The van der Waals surface area contributed by atoms with Crippen LogP contribution in [0.25, 0.3) is 0 Å². The molecule has 1 unspecified atom stereocenters. The third-order valence-electron chi connectivity index (χ3n) is 2.98. The molecule has 0 bridgehead atoms. The van der Waals surface area contributed by atoms with E-state index in [4.69, 9.17) is 0 Å². The Bertz CT molecular complexity index is 548. The smallest absolute Gasteiger partial charge is 0.255 e. The predicted molar refractivity (Wildman–Crippen MR) is 98.1 cm³/mol. The standard InChI is InChI=1S/C12H11I3N2O2/c1-6-11(18)16-2-3-17(6)12(19)8-4-7(13)5-9(14)10(8)15/h4-6H,2-3H2,1H3,(H,16,18). The van der Waals surface area contributed by atoms with Crippen LogP contribution in [0.3, 0.4) is 0 Å². The van der Waals surface area contributed by atoms with Crippen molar-refractivity contribution in [1.29, 1.82) is 0 Å². The number of nitrogens with one attached hydrogen (secondary N) is 1. The van der Waals surface area contributed by atoms with Crippen molar-refractivity contribution in [2.24, 2.45) is 0 Å². The summed E-state index contributed by atoms with van der Waals surface area (Å²) in [6.45, 7) is 2.84. The summed E-state index contributed by atoms with van der Waals surface area (Å²) in [6, 6.07) is 3.51. The lowest BCUT2D eigenvalue weighted by Gasteiger charge is -2.33. The molecule has 0 aliphatic carbocycles. The Kier molecular flexibility index (Phi) is 5.31. The molecule has 1 N–H and O–H groups in total. The Morgan fingerprint density at radius 2 is 2.05 bits per heavy atom. The lowest BCUT2D eigenvalue weighted by molar-refractivity contribution is -0.127. The lowest BCUT2D eigenvalue weighted by Crippen LogP contribution is -2.56. The van der Waals surface area contributed by atoms with Gasteiger partial charge in [0.1, 0.15) is 6.04 Å². The van der Waals surface area contributed by atoms with Crippen molar-refractivity contribution in [2.45, 2.75) is 13.0 Å². The molecule has 0 radical (unpaired) electrons. The molecule has 102 valence electrons. The predicted octanol–water partition coefficient (Wildman–Crippen LogP) is 2.46. The van der Waals surface area contributed by atoms with Gasteiger partial charge in [-0.3, -0.25) is 9.59 Å². The number of hydrogen-bond donors (Lipinski definition) is 1. The Balaban J connectivity index is 2.36. The molecule has 1 fully saturated rings. The largest absolute Gasteiger partial charge is 0.353 e. The molecule has 2 rings (SSSR count). The molecule has 7 heteroatoms. The Morgan fingerprint density at radius 1 is 1.37 bits per heavy atom. The zero-order valence-electron chi connectivity index (χ0n) is 10.0. The SMILES string of the molecule is CC1C(=O)NCCN1C(=O)c1cc(I)cc(I)c1I. The van der Waals surface area contributed by atoms with E-state index in [0.29, 0.717) is 18.7 Å². The van der Waals surface area contributed by atoms with E-state index in [1.807, 2.05) is 12.1 Å². The molecule has 1 aliphatic rings. The van der Waals surface area contributed by atoms with Crippen LogP contribution in [0.1, 0.15) is 17.3 Å². The van der Waals surface area contributed by atoms with Gasteiger partial charge in [0.15, 0.2) is 0 Å². The minimum Gasteiger partial charge on any atom is -0.353 e. The second-order valence-electron chi connectivity index (χ2n) is 4.21. The van der Waals surface area contributed by atoms with Crippen molar-refractivity contribution < 1.29 is 9.59 Å². The number of rotatable bonds is 1. The normalized spacial score (nSPS) is 19.3. The fourth-order valence-electron chi connectivity index (χ4n) is 1.93. The highest BCUT2D eigenvalue weighted by Gasteiger charge is 2.31. The second-order valence-corrected chi connectivity index (χ2v) is 7.70. The van der Waals surface area contributed by atoms with Gasteiger partial charge >= 0.3 is 0 Å². The third kappa shape index (κ3) is 3.34. The molecule has 0 aromatic heterocycles. The lowest BCUT2D eigenvalue weighted by atomic mass is 10.1. The van der Waals surface area contributed by atoms with Crippen LogP contribution in [0.4, 0.5) is 0 Å². The average Bonchev–Trinajstić information content (AvgIpc) is 2.36. The molecule has 1 aliphatic heterocycles. The van der Waals surface area contributed by atoms with Gasteiger partial charge in [-0.25, -0.2) is 0 Å². The van der Waals surface area contributed by atoms with Gasteiger partial charge in [-0.1, -0.05) is 0 Å². The molecule has 1 aromatic rings. The van der Waals surface area contributed by atoms with E-state index in [2.05, 4.69) is 73.1 Å². The van der Waals surface area contributed by atoms with Crippen molar-refractivity contribution in [1.82, 2.24) is 10.2 Å². The van der Waals surface area contributed by atoms with E-state index < -0.39 is 6.04 Å². The fourth-order valence-corrected chi connectivity index (χ4v) is 4.31. The van der Waals surface area contributed by atoms with Crippen molar-refractivity contribution in [3.63, 3.8) is 0 Å². The zero-order chi connectivity index (χ0) is 14.2. The molecule has 2 amide bonds. The van der Waals surface area contributed by atoms with Crippen LogP contribution in [0.15, 0.2) is 12.1 Å². The highest BCUT2D eigenvalue weighted by Crippen LogP contribution is 2.24. The van der Waals surface area contributed by atoms with Crippen LogP contribution in [0, 0.1) is 10.7 Å². The summed E-state index contributed by atoms with van der Waals surface area (Å²) in [4.78, 5) is 25.9. The van der Waals surface area contributed by atoms with Crippen molar-refractivity contribution in [3.8, 4) is 0 Å². The second kappa shape index (κ2) is 6.41. The molecular weight excluding hydrogens is 585 g/mol. The number of benzene rings is 1. The Labute approximate surface area is 152 Å². The summed E-state index contributed by atoms with van der Waals surface area (Å²) >= 11 is 6.62. The van der Waals surface area contributed by atoms with Gasteiger partial charge in [-0.05, 0) is 86.8 Å². The van der Waals surface area contributed by atoms with E-state index in [1.165, 1.54) is 0 Å². The molecule has 19 heavy (non-hydrogen) atoms. The number of carbonyl (C=O) groups excluding carboxylic acids is 2. The number of halogens is 3. The maximum atomic E-state index is 12.6. The Hall–Kier alpha value is 0.350. The van der Waals surface area contributed by atoms with E-state index in [-0.39, 0.29) is 11.8 Å². The van der Waals surface area contributed by atoms with E-state index in [9.17, 15) is 9.59 Å². The van der Waals surface area contributed by atoms with Crippen LogP contribution in [-0.4, -0.2) is 35.8 Å². The first-order valence-electron chi connectivity index (χ1n) is 5.65. The van der Waals surface area contributed by atoms with Gasteiger partial charge in [-0.2, -0.15) is 0 Å². The topological polar surface area (TPSA) is 49.4 Å². The summed E-state index contributed by atoms with van der Waals surface area (Å²) in [6.07, 6.45) is 0. The maximum absolute atomic E-state index is 12.6. The molecule has 4 nitrogen and oxygen atoms in total. The van der Waals surface area contributed by atoms with Crippen LogP contribution < -0.4 is 5.32 Å². The minimum absolute atomic E-state index is 0.0665. The highest BCUT2D eigenvalue weighted by atomic mass is 127. The average molecular weight is 596 g/mol. The number of nitrogens with zero attached hydrogens (tertiary/aromatic N) is 1. The minimum atomic E-state index is -0.410. The van der Waals surface area contributed by atoms with Gasteiger partial charge in [0.2, 0.25) is 5.91 Å². The van der Waals surface area contributed by atoms with E-state index in [0.717, 1.165) is 10.7 Å². The monoisotopic (exact) mass is 596 g/mol. The van der Waals surface area contributed by atoms with E-state index in [1.54, 1.807) is 11.8 Å². The van der Waals surface area contributed by atoms with E-state index >= 15 is 0 Å². The quantitative estimate of drug-likeness (QED) is 0.401. The first-order valence-corrected chi connectivity index (χ1v) is 8.88. The zero-order valence-corrected chi connectivity index (χ0v) is 16.5. The van der Waals surface area contributed by atoms with Crippen LogP contribution in [0.5, 0.6) is 0 Å².